The van der Waals surface area contributed by atoms with Gasteiger partial charge in [0.2, 0.25) is 5.69 Å². The Bertz CT molecular complexity index is 2120. The topological polar surface area (TPSA) is 83.7 Å². The molecule has 1 N–H and O–H groups in total. The van der Waals surface area contributed by atoms with E-state index in [1.165, 1.54) is 44.1 Å². The fourth-order valence-corrected chi connectivity index (χ4v) is 8.75. The molecule has 7 heteroatoms. The second-order valence-corrected chi connectivity index (χ2v) is 16.2. The Labute approximate surface area is 297 Å². The first-order valence-electron chi connectivity index (χ1n) is 18.0. The summed E-state index contributed by atoms with van der Waals surface area (Å²) in [4.78, 5) is 2.31. The summed E-state index contributed by atoms with van der Waals surface area (Å²) in [5.74, 6) is -0.340. The Morgan fingerprint density at radius 2 is 1.40 bits per heavy atom. The zero-order valence-corrected chi connectivity index (χ0v) is 30.7. The lowest BCUT2D eigenvalue weighted by molar-refractivity contribution is -0.438. The smallest absolute Gasteiger partial charge is 0.210 e. The second-order valence-electron chi connectivity index (χ2n) is 14.7. The molecule has 262 valence electrons. The van der Waals surface area contributed by atoms with Crippen LogP contribution >= 0.6 is 0 Å². The number of hydrogen-bond acceptors (Lipinski definition) is 5. The highest BCUT2D eigenvalue weighted by atomic mass is 32.2. The molecule has 0 bridgehead atoms. The maximum atomic E-state index is 11.3. The highest BCUT2D eigenvalue weighted by Gasteiger charge is 2.45. The number of nitrogens with zero attached hydrogens (tertiary/aromatic N) is 2. The van der Waals surface area contributed by atoms with Crippen molar-refractivity contribution in [3.63, 3.8) is 0 Å². The summed E-state index contributed by atoms with van der Waals surface area (Å²) in [6, 6.07) is 26.0. The molecule has 0 spiro atoms. The van der Waals surface area contributed by atoms with Gasteiger partial charge in [0.1, 0.15) is 6.54 Å². The number of benzene rings is 4. The third-order valence-corrected chi connectivity index (χ3v) is 11.3. The van der Waals surface area contributed by atoms with Crippen LogP contribution in [0.1, 0.15) is 77.3 Å². The number of aliphatic hydroxyl groups excluding tert-OH is 1. The average molecular weight is 691 g/mol. The minimum Gasteiger partial charge on any atom is -0.748 e. The van der Waals surface area contributed by atoms with E-state index in [4.69, 9.17) is 0 Å². The van der Waals surface area contributed by atoms with Crippen LogP contribution < -0.4 is 4.90 Å². The van der Waals surface area contributed by atoms with Crippen molar-refractivity contribution in [2.24, 2.45) is 0 Å². The molecular formula is C43H50N2O4S. The van der Waals surface area contributed by atoms with Crippen molar-refractivity contribution in [3.05, 3.63) is 120 Å². The molecule has 0 amide bonds. The number of rotatable bonds is 14. The Morgan fingerprint density at radius 1 is 0.740 bits per heavy atom. The predicted molar refractivity (Wildman–Crippen MR) is 207 cm³/mol. The Hall–Kier alpha value is -4.04. The number of fused-ring (bicyclic) bond motifs is 6. The lowest BCUT2D eigenvalue weighted by Crippen LogP contribution is -2.28. The van der Waals surface area contributed by atoms with E-state index < -0.39 is 10.1 Å². The first kappa shape index (κ1) is 35.8. The number of hydrogen-bond donors (Lipinski definition) is 1. The van der Waals surface area contributed by atoms with E-state index in [1.54, 1.807) is 0 Å². The molecule has 0 aliphatic carbocycles. The van der Waals surface area contributed by atoms with Gasteiger partial charge in [-0.05, 0) is 84.8 Å². The maximum absolute atomic E-state index is 11.3. The van der Waals surface area contributed by atoms with Crippen LogP contribution in [0.5, 0.6) is 0 Å². The molecule has 0 radical (unpaired) electrons. The maximum Gasteiger partial charge on any atom is 0.210 e. The van der Waals surface area contributed by atoms with E-state index in [1.807, 2.05) is 0 Å². The minimum absolute atomic E-state index is 0.186. The summed E-state index contributed by atoms with van der Waals surface area (Å²) < 4.78 is 36.4. The number of allylic oxidation sites excluding steroid dienone is 6. The first-order valence-corrected chi connectivity index (χ1v) is 19.6. The molecule has 2 aliphatic rings. The Morgan fingerprint density at radius 3 is 2.10 bits per heavy atom. The van der Waals surface area contributed by atoms with Crippen LogP contribution in [0.2, 0.25) is 0 Å². The summed E-state index contributed by atoms with van der Waals surface area (Å²) in [6.45, 7) is 11.0. The van der Waals surface area contributed by atoms with Gasteiger partial charge in [0.25, 0.3) is 0 Å². The zero-order valence-electron chi connectivity index (χ0n) is 29.9. The fraction of sp³-hybridized carbons (Fsp3) is 0.372. The summed E-state index contributed by atoms with van der Waals surface area (Å²) in [5.41, 5.74) is 7.01. The van der Waals surface area contributed by atoms with Gasteiger partial charge in [0.05, 0.1) is 15.5 Å². The molecule has 0 fully saturated rings. The number of unbranched alkanes of at least 4 members (excludes halogenated alkanes) is 4. The van der Waals surface area contributed by atoms with Gasteiger partial charge in [-0.15, -0.1) is 0 Å². The van der Waals surface area contributed by atoms with E-state index in [9.17, 15) is 18.1 Å². The lowest BCUT2D eigenvalue weighted by Gasteiger charge is -2.27. The summed E-state index contributed by atoms with van der Waals surface area (Å²) in [6.07, 6.45) is 15.8. The van der Waals surface area contributed by atoms with E-state index >= 15 is 0 Å². The number of anilines is 1. The minimum atomic E-state index is -4.24. The van der Waals surface area contributed by atoms with Crippen LogP contribution in [0.15, 0.2) is 109 Å². The van der Waals surface area contributed by atoms with Crippen molar-refractivity contribution in [2.75, 3.05) is 30.3 Å². The van der Waals surface area contributed by atoms with Crippen LogP contribution in [0.4, 0.5) is 11.4 Å². The molecule has 6 rings (SSSR count). The summed E-state index contributed by atoms with van der Waals surface area (Å²) in [7, 11) is -4.24. The molecule has 0 saturated heterocycles. The van der Waals surface area contributed by atoms with Crippen molar-refractivity contribution in [1.29, 1.82) is 0 Å². The molecule has 4 aromatic carbocycles. The van der Waals surface area contributed by atoms with Gasteiger partial charge in [-0.3, -0.25) is 0 Å². The number of aliphatic hydroxyl groups is 1. The van der Waals surface area contributed by atoms with Crippen molar-refractivity contribution >= 4 is 48.7 Å². The van der Waals surface area contributed by atoms with Gasteiger partial charge < -0.3 is 14.6 Å². The molecule has 6 nitrogen and oxygen atoms in total. The quantitative estimate of drug-likeness (QED) is 0.0618. The van der Waals surface area contributed by atoms with Crippen molar-refractivity contribution in [1.82, 2.24) is 0 Å². The van der Waals surface area contributed by atoms with Crippen LogP contribution in [0, 0.1) is 0 Å². The Kier molecular flexibility index (Phi) is 10.5. The average Bonchev–Trinajstić information content (AvgIpc) is 3.44. The molecule has 2 heterocycles. The molecule has 0 atom stereocenters. The van der Waals surface area contributed by atoms with Crippen molar-refractivity contribution in [2.45, 2.75) is 77.0 Å². The van der Waals surface area contributed by atoms with Crippen LogP contribution in [0.25, 0.3) is 21.5 Å². The summed E-state index contributed by atoms with van der Waals surface area (Å²) in [5, 5.41) is 14.2. The van der Waals surface area contributed by atoms with Crippen molar-refractivity contribution < 1.29 is 22.7 Å². The highest BCUT2D eigenvalue weighted by Crippen LogP contribution is 2.51. The van der Waals surface area contributed by atoms with Gasteiger partial charge in [-0.2, -0.15) is 4.58 Å². The van der Waals surface area contributed by atoms with Crippen LogP contribution in [0.3, 0.4) is 0 Å². The molecule has 0 saturated carbocycles. The second kappa shape index (κ2) is 14.7. The van der Waals surface area contributed by atoms with Crippen LogP contribution in [-0.2, 0) is 20.9 Å². The molecule has 50 heavy (non-hydrogen) atoms. The standard InChI is InChI=1S/C43H50N2O4S/c1-42(2)38(44(28-14-5-6-16-30-46)36-26-24-32-18-10-12-20-34(32)40(36)42)22-8-7-9-23-39-43(3,4)41-35-21-13-11-19-33(35)25-27-37(41)45(39)29-15-17-31-50(47,48)49/h7-13,18-27,46H,5-6,14-17,28-31H2,1-4H3. The molecular weight excluding hydrogens is 641 g/mol. The Balaban J connectivity index is 1.31. The molecule has 0 unspecified atom stereocenters. The monoisotopic (exact) mass is 690 g/mol. The van der Waals surface area contributed by atoms with E-state index in [0.717, 1.165) is 43.6 Å². The van der Waals surface area contributed by atoms with E-state index in [0.29, 0.717) is 19.4 Å². The molecule has 0 aromatic heterocycles. The van der Waals surface area contributed by atoms with Crippen molar-refractivity contribution in [3.8, 4) is 0 Å². The normalized spacial score (nSPS) is 17.6. The van der Waals surface area contributed by atoms with E-state index in [-0.39, 0.29) is 23.2 Å². The van der Waals surface area contributed by atoms with E-state index in [2.05, 4.69) is 140 Å². The largest absolute Gasteiger partial charge is 0.748 e. The van der Waals surface area contributed by atoms with Gasteiger partial charge >= 0.3 is 0 Å². The first-order chi connectivity index (χ1) is 23.9. The molecule has 4 aromatic rings. The zero-order chi connectivity index (χ0) is 35.5. The van der Waals surface area contributed by atoms with Crippen LogP contribution in [-0.4, -0.2) is 53.8 Å². The fourth-order valence-electron chi connectivity index (χ4n) is 8.19. The molecule has 2 aliphatic heterocycles. The van der Waals surface area contributed by atoms with Gasteiger partial charge in [-0.25, -0.2) is 8.42 Å². The SMILES string of the molecule is CC1(C)C(=CC=CC=CC2=[N+](CCCCCCO)c3ccc4ccccc4c3C2(C)C)N(CCCCS(=O)(=O)[O-])c2ccc3ccccc3c21. The predicted octanol–water partition coefficient (Wildman–Crippen LogP) is 9.04. The summed E-state index contributed by atoms with van der Waals surface area (Å²) >= 11 is 0. The highest BCUT2D eigenvalue weighted by molar-refractivity contribution is 7.85. The lowest BCUT2D eigenvalue weighted by atomic mass is 9.79. The van der Waals surface area contributed by atoms with Gasteiger partial charge in [0, 0.05) is 59.8 Å². The van der Waals surface area contributed by atoms with Gasteiger partial charge in [-0.1, -0.05) is 93.1 Å². The third kappa shape index (κ3) is 7.09. The third-order valence-electron chi connectivity index (χ3n) is 10.6. The van der Waals surface area contributed by atoms with Gasteiger partial charge in [0.15, 0.2) is 5.71 Å².